The quantitative estimate of drug-likeness (QED) is 0.880. The summed E-state index contributed by atoms with van der Waals surface area (Å²) in [6, 6.07) is 3.19. The van der Waals surface area contributed by atoms with Crippen molar-refractivity contribution >= 4 is 17.7 Å². The zero-order valence-corrected chi connectivity index (χ0v) is 11.7. The molecule has 2 rings (SSSR count). The van der Waals surface area contributed by atoms with Gasteiger partial charge in [-0.1, -0.05) is 0 Å². The van der Waals surface area contributed by atoms with E-state index in [4.69, 9.17) is 0 Å². The van der Waals surface area contributed by atoms with Crippen LogP contribution in [0.25, 0.3) is 6.08 Å². The molecule has 6 heteroatoms. The third-order valence-electron chi connectivity index (χ3n) is 3.04. The van der Waals surface area contributed by atoms with E-state index in [-0.39, 0.29) is 5.69 Å². The van der Waals surface area contributed by atoms with Gasteiger partial charge in [0.25, 0.3) is 0 Å². The highest BCUT2D eigenvalue weighted by Gasteiger charge is 2.05. The number of amides is 1. The lowest BCUT2D eigenvalue weighted by molar-refractivity contribution is -0.111. The first-order valence-electron chi connectivity index (χ1n) is 6.47. The van der Waals surface area contributed by atoms with Gasteiger partial charge < -0.3 is 5.32 Å². The third kappa shape index (κ3) is 3.53. The lowest BCUT2D eigenvalue weighted by Crippen LogP contribution is -2.08. The normalized spacial score (nSPS) is 11.0. The second kappa shape index (κ2) is 6.30. The molecule has 1 aromatic carbocycles. The molecule has 4 nitrogen and oxygen atoms in total. The first kappa shape index (κ1) is 14.9. The summed E-state index contributed by atoms with van der Waals surface area (Å²) in [6.07, 6.45) is 4.62. The van der Waals surface area contributed by atoms with Crippen LogP contribution < -0.4 is 5.32 Å². The van der Waals surface area contributed by atoms with Crippen molar-refractivity contribution in [2.45, 2.75) is 20.4 Å². The van der Waals surface area contributed by atoms with E-state index in [0.29, 0.717) is 0 Å². The Morgan fingerprint density at radius 1 is 1.38 bits per heavy atom. The second-order valence-electron chi connectivity index (χ2n) is 4.45. The molecule has 1 N–H and O–H groups in total. The van der Waals surface area contributed by atoms with Gasteiger partial charge in [-0.05, 0) is 32.1 Å². The summed E-state index contributed by atoms with van der Waals surface area (Å²) >= 11 is 0. The van der Waals surface area contributed by atoms with Gasteiger partial charge in [0.05, 0.1) is 6.20 Å². The maximum absolute atomic E-state index is 13.0. The number of nitrogens with one attached hydrogen (secondary N) is 1. The summed E-state index contributed by atoms with van der Waals surface area (Å²) in [4.78, 5) is 11.7. The SMILES string of the molecule is CCn1ncc(/C=C/C(=O)Nc2ccc(F)c(F)c2)c1C. The topological polar surface area (TPSA) is 46.9 Å². The standard InChI is InChI=1S/C15H15F2N3O/c1-3-20-10(2)11(9-18-20)4-7-15(21)19-12-5-6-13(16)14(17)8-12/h4-9H,3H2,1-2H3,(H,19,21)/b7-4+. The summed E-state index contributed by atoms with van der Waals surface area (Å²) in [7, 11) is 0. The number of rotatable bonds is 4. The summed E-state index contributed by atoms with van der Waals surface area (Å²) in [5.41, 5.74) is 1.98. The number of hydrogen-bond donors (Lipinski definition) is 1. The lowest BCUT2D eigenvalue weighted by Gasteiger charge is -2.02. The molecule has 0 aliphatic carbocycles. The van der Waals surface area contributed by atoms with Crippen molar-refractivity contribution in [1.82, 2.24) is 9.78 Å². The van der Waals surface area contributed by atoms with Crippen LogP contribution >= 0.6 is 0 Å². The summed E-state index contributed by atoms with van der Waals surface area (Å²) in [5.74, 6) is -2.38. The highest BCUT2D eigenvalue weighted by Crippen LogP contribution is 2.13. The molecule has 1 aromatic heterocycles. The molecule has 0 radical (unpaired) electrons. The van der Waals surface area contributed by atoms with Crippen molar-refractivity contribution in [1.29, 1.82) is 0 Å². The van der Waals surface area contributed by atoms with Crippen LogP contribution in [-0.2, 0) is 11.3 Å². The van der Waals surface area contributed by atoms with Crippen LogP contribution in [0.4, 0.5) is 14.5 Å². The van der Waals surface area contributed by atoms with Gasteiger partial charge in [0, 0.05) is 35.6 Å². The van der Waals surface area contributed by atoms with Gasteiger partial charge in [0.2, 0.25) is 5.91 Å². The van der Waals surface area contributed by atoms with E-state index in [0.717, 1.165) is 29.9 Å². The van der Waals surface area contributed by atoms with Gasteiger partial charge in [-0.3, -0.25) is 9.48 Å². The lowest BCUT2D eigenvalue weighted by atomic mass is 10.2. The zero-order chi connectivity index (χ0) is 15.4. The minimum atomic E-state index is -1.00. The van der Waals surface area contributed by atoms with E-state index in [2.05, 4.69) is 10.4 Å². The molecule has 0 saturated carbocycles. The molecule has 0 atom stereocenters. The van der Waals surface area contributed by atoms with E-state index < -0.39 is 17.5 Å². The molecular weight excluding hydrogens is 276 g/mol. The first-order chi connectivity index (χ1) is 10.0. The first-order valence-corrected chi connectivity index (χ1v) is 6.47. The third-order valence-corrected chi connectivity index (χ3v) is 3.04. The monoisotopic (exact) mass is 291 g/mol. The summed E-state index contributed by atoms with van der Waals surface area (Å²) in [5, 5.41) is 6.62. The zero-order valence-electron chi connectivity index (χ0n) is 11.7. The van der Waals surface area contributed by atoms with Crippen LogP contribution in [0.2, 0.25) is 0 Å². The Hall–Kier alpha value is -2.50. The number of aryl methyl sites for hydroxylation is 1. The van der Waals surface area contributed by atoms with Gasteiger partial charge in [0.1, 0.15) is 0 Å². The van der Waals surface area contributed by atoms with Crippen LogP contribution in [0, 0.1) is 18.6 Å². The number of anilines is 1. The van der Waals surface area contributed by atoms with E-state index in [1.54, 1.807) is 12.3 Å². The number of halogens is 2. The molecule has 21 heavy (non-hydrogen) atoms. The fourth-order valence-electron chi connectivity index (χ4n) is 1.87. The molecule has 0 unspecified atom stereocenters. The highest BCUT2D eigenvalue weighted by atomic mass is 19.2. The smallest absolute Gasteiger partial charge is 0.248 e. The van der Waals surface area contributed by atoms with E-state index in [1.807, 2.05) is 18.5 Å². The highest BCUT2D eigenvalue weighted by molar-refractivity contribution is 6.01. The van der Waals surface area contributed by atoms with Gasteiger partial charge in [-0.25, -0.2) is 8.78 Å². The van der Waals surface area contributed by atoms with E-state index in [9.17, 15) is 13.6 Å². The molecule has 0 bridgehead atoms. The van der Waals surface area contributed by atoms with Crippen molar-refractivity contribution in [2.75, 3.05) is 5.32 Å². The fraction of sp³-hybridized carbons (Fsp3) is 0.200. The van der Waals surface area contributed by atoms with Gasteiger partial charge in [0.15, 0.2) is 11.6 Å². The Kier molecular flexibility index (Phi) is 4.47. The minimum Gasteiger partial charge on any atom is -0.322 e. The van der Waals surface area contributed by atoms with Crippen molar-refractivity contribution in [2.24, 2.45) is 0 Å². The minimum absolute atomic E-state index is 0.199. The van der Waals surface area contributed by atoms with Gasteiger partial charge in [-0.2, -0.15) is 5.10 Å². The van der Waals surface area contributed by atoms with Gasteiger partial charge >= 0.3 is 0 Å². The summed E-state index contributed by atoms with van der Waals surface area (Å²) < 4.78 is 27.6. The molecule has 2 aromatic rings. The molecule has 0 aliphatic heterocycles. The molecule has 110 valence electrons. The molecule has 0 saturated heterocycles. The van der Waals surface area contributed by atoms with E-state index in [1.165, 1.54) is 12.1 Å². The van der Waals surface area contributed by atoms with Crippen LogP contribution in [0.5, 0.6) is 0 Å². The van der Waals surface area contributed by atoms with Crippen molar-refractivity contribution in [3.63, 3.8) is 0 Å². The van der Waals surface area contributed by atoms with Crippen molar-refractivity contribution < 1.29 is 13.6 Å². The largest absolute Gasteiger partial charge is 0.322 e. The Morgan fingerprint density at radius 2 is 2.14 bits per heavy atom. The predicted octanol–water partition coefficient (Wildman–Crippen LogP) is 3.14. The molecule has 0 fully saturated rings. The maximum atomic E-state index is 13.0. The number of benzene rings is 1. The maximum Gasteiger partial charge on any atom is 0.248 e. The molecule has 0 spiro atoms. The Balaban J connectivity index is 2.05. The summed E-state index contributed by atoms with van der Waals surface area (Å²) in [6.45, 7) is 4.63. The van der Waals surface area contributed by atoms with Gasteiger partial charge in [-0.15, -0.1) is 0 Å². The van der Waals surface area contributed by atoms with Crippen LogP contribution in [-0.4, -0.2) is 15.7 Å². The molecule has 1 amide bonds. The number of nitrogens with zero attached hydrogens (tertiary/aromatic N) is 2. The Morgan fingerprint density at radius 3 is 2.76 bits per heavy atom. The average Bonchev–Trinajstić information content (AvgIpc) is 2.81. The van der Waals surface area contributed by atoms with Crippen molar-refractivity contribution in [3.8, 4) is 0 Å². The van der Waals surface area contributed by atoms with Crippen LogP contribution in [0.3, 0.4) is 0 Å². The number of hydrogen-bond acceptors (Lipinski definition) is 2. The number of carbonyl (C=O) groups is 1. The molecular formula is C15H15F2N3O. The van der Waals surface area contributed by atoms with E-state index >= 15 is 0 Å². The Labute approximate surface area is 121 Å². The molecule has 1 heterocycles. The predicted molar refractivity (Wildman–Crippen MR) is 76.7 cm³/mol. The second-order valence-corrected chi connectivity index (χ2v) is 4.45. The van der Waals surface area contributed by atoms with Crippen molar-refractivity contribution in [3.05, 3.63) is 53.4 Å². The number of carbonyl (C=O) groups excluding carboxylic acids is 1. The Bertz CT molecular complexity index is 692. The van der Waals surface area contributed by atoms with Crippen LogP contribution in [0.15, 0.2) is 30.5 Å². The fourth-order valence-corrected chi connectivity index (χ4v) is 1.87. The molecule has 0 aliphatic rings. The number of aromatic nitrogens is 2. The average molecular weight is 291 g/mol. The van der Waals surface area contributed by atoms with Crippen LogP contribution in [0.1, 0.15) is 18.2 Å².